The molecule has 108 valence electrons. The molecule has 0 N–H and O–H groups in total. The zero-order valence-electron chi connectivity index (χ0n) is 11.4. The third kappa shape index (κ3) is 3.22. The lowest BCUT2D eigenvalue weighted by molar-refractivity contribution is 0.376. The number of nitrogens with zero attached hydrogens (tertiary/aromatic N) is 4. The monoisotopic (exact) mass is 336 g/mol. The lowest BCUT2D eigenvalue weighted by Gasteiger charge is -2.02. The van der Waals surface area contributed by atoms with Crippen LogP contribution >= 0.6 is 35.3 Å². The standard InChI is InChI=1S/C13H12N4OS3/c1-8(11-14-9(2)16-18-11)20-12-15-17(13(19)21-12)10-6-4-3-5-7-10/h3-8H,1-2H3. The molecule has 1 unspecified atom stereocenters. The summed E-state index contributed by atoms with van der Waals surface area (Å²) in [6.45, 7) is 3.81. The summed E-state index contributed by atoms with van der Waals surface area (Å²) in [5.41, 5.74) is 0.965. The Bertz CT molecular complexity index is 793. The molecular formula is C13H12N4OS3. The van der Waals surface area contributed by atoms with Crippen LogP contribution in [-0.2, 0) is 0 Å². The minimum absolute atomic E-state index is 0.0379. The quantitative estimate of drug-likeness (QED) is 0.525. The Labute approximate surface area is 135 Å². The fourth-order valence-corrected chi connectivity index (χ4v) is 4.26. The molecule has 0 aliphatic carbocycles. The van der Waals surface area contributed by atoms with E-state index in [1.54, 1.807) is 23.4 Å². The normalized spacial score (nSPS) is 12.5. The predicted octanol–water partition coefficient (Wildman–Crippen LogP) is 4.21. The van der Waals surface area contributed by atoms with E-state index >= 15 is 0 Å². The zero-order valence-corrected chi connectivity index (χ0v) is 13.8. The molecule has 0 radical (unpaired) electrons. The zero-order chi connectivity index (χ0) is 14.8. The van der Waals surface area contributed by atoms with Crippen molar-refractivity contribution >= 4 is 35.3 Å². The van der Waals surface area contributed by atoms with Crippen LogP contribution in [0.4, 0.5) is 0 Å². The summed E-state index contributed by atoms with van der Waals surface area (Å²) in [7, 11) is 0. The highest BCUT2D eigenvalue weighted by Crippen LogP contribution is 2.35. The van der Waals surface area contributed by atoms with Crippen molar-refractivity contribution in [3.8, 4) is 5.69 Å². The van der Waals surface area contributed by atoms with Gasteiger partial charge in [0.25, 0.3) is 0 Å². The second kappa shape index (κ2) is 6.08. The predicted molar refractivity (Wildman–Crippen MR) is 85.6 cm³/mol. The maximum atomic E-state index is 5.38. The van der Waals surface area contributed by atoms with Crippen LogP contribution in [0.2, 0.25) is 0 Å². The lowest BCUT2D eigenvalue weighted by Crippen LogP contribution is -1.96. The van der Waals surface area contributed by atoms with E-state index in [1.165, 1.54) is 11.3 Å². The lowest BCUT2D eigenvalue weighted by atomic mass is 10.3. The first kappa shape index (κ1) is 14.4. The SMILES string of the molecule is Cc1noc(C(C)Sc2nn(-c3ccccc3)c(=S)s2)n1. The van der Waals surface area contributed by atoms with Gasteiger partial charge in [0, 0.05) is 0 Å². The molecule has 0 fully saturated rings. The minimum Gasteiger partial charge on any atom is -0.338 e. The molecule has 2 heterocycles. The summed E-state index contributed by atoms with van der Waals surface area (Å²) in [5, 5.41) is 8.40. The van der Waals surface area contributed by atoms with Gasteiger partial charge in [-0.1, -0.05) is 46.5 Å². The molecule has 0 aliphatic heterocycles. The van der Waals surface area contributed by atoms with Gasteiger partial charge in [0.2, 0.25) is 5.89 Å². The Morgan fingerprint density at radius 1 is 1.33 bits per heavy atom. The molecule has 5 nitrogen and oxygen atoms in total. The van der Waals surface area contributed by atoms with Gasteiger partial charge in [-0.2, -0.15) is 4.98 Å². The van der Waals surface area contributed by atoms with Crippen molar-refractivity contribution in [1.29, 1.82) is 0 Å². The molecule has 0 amide bonds. The fourth-order valence-electron chi connectivity index (χ4n) is 1.72. The van der Waals surface area contributed by atoms with Crippen LogP contribution in [0.3, 0.4) is 0 Å². The van der Waals surface area contributed by atoms with Crippen LogP contribution < -0.4 is 0 Å². The van der Waals surface area contributed by atoms with Crippen LogP contribution in [0, 0.1) is 10.9 Å². The maximum absolute atomic E-state index is 5.38. The smallest absolute Gasteiger partial charge is 0.239 e. The number of thioether (sulfide) groups is 1. The van der Waals surface area contributed by atoms with Gasteiger partial charge in [0.15, 0.2) is 14.1 Å². The fraction of sp³-hybridized carbons (Fsp3) is 0.231. The minimum atomic E-state index is 0.0379. The van der Waals surface area contributed by atoms with E-state index in [0.717, 1.165) is 14.0 Å². The van der Waals surface area contributed by atoms with Crippen molar-refractivity contribution in [1.82, 2.24) is 19.9 Å². The molecule has 0 spiro atoms. The highest BCUT2D eigenvalue weighted by molar-refractivity contribution is 8.01. The van der Waals surface area contributed by atoms with Gasteiger partial charge in [0.05, 0.1) is 10.9 Å². The Kier molecular flexibility index (Phi) is 4.18. The molecule has 8 heteroatoms. The highest BCUT2D eigenvalue weighted by Gasteiger charge is 2.17. The molecular weight excluding hydrogens is 324 g/mol. The third-order valence-corrected chi connectivity index (χ3v) is 5.10. The van der Waals surface area contributed by atoms with Gasteiger partial charge in [-0.15, -0.1) is 5.10 Å². The molecule has 1 aromatic carbocycles. The second-order valence-electron chi connectivity index (χ2n) is 4.32. The van der Waals surface area contributed by atoms with Gasteiger partial charge < -0.3 is 4.52 Å². The number of aryl methyl sites for hydroxylation is 1. The van der Waals surface area contributed by atoms with E-state index in [4.69, 9.17) is 16.7 Å². The number of para-hydroxylation sites is 1. The van der Waals surface area contributed by atoms with Crippen molar-refractivity contribution < 1.29 is 4.52 Å². The topological polar surface area (TPSA) is 56.7 Å². The molecule has 21 heavy (non-hydrogen) atoms. The van der Waals surface area contributed by atoms with Gasteiger partial charge in [-0.3, -0.25) is 0 Å². The largest absolute Gasteiger partial charge is 0.338 e. The molecule has 0 aliphatic rings. The summed E-state index contributed by atoms with van der Waals surface area (Å²) in [6.07, 6.45) is 0. The van der Waals surface area contributed by atoms with E-state index in [-0.39, 0.29) is 5.25 Å². The second-order valence-corrected chi connectivity index (χ2v) is 7.53. The number of hydrogen-bond acceptors (Lipinski definition) is 7. The molecule has 0 bridgehead atoms. The molecule has 2 aromatic heterocycles. The van der Waals surface area contributed by atoms with Gasteiger partial charge in [-0.05, 0) is 38.2 Å². The van der Waals surface area contributed by atoms with Gasteiger partial charge in [-0.25, -0.2) is 4.68 Å². The third-order valence-electron chi connectivity index (χ3n) is 2.70. The van der Waals surface area contributed by atoms with Crippen LogP contribution in [0.25, 0.3) is 5.69 Å². The van der Waals surface area contributed by atoms with Crippen LogP contribution in [-0.4, -0.2) is 19.9 Å². The Hall–Kier alpha value is -1.51. The van der Waals surface area contributed by atoms with E-state index < -0.39 is 0 Å². The summed E-state index contributed by atoms with van der Waals surface area (Å²) in [6, 6.07) is 9.86. The molecule has 3 aromatic rings. The Morgan fingerprint density at radius 2 is 2.10 bits per heavy atom. The molecule has 3 rings (SSSR count). The summed E-state index contributed by atoms with van der Waals surface area (Å²) < 4.78 is 8.56. The Morgan fingerprint density at radius 3 is 2.76 bits per heavy atom. The average molecular weight is 336 g/mol. The first-order valence-electron chi connectivity index (χ1n) is 6.26. The van der Waals surface area contributed by atoms with E-state index in [2.05, 4.69) is 15.2 Å². The molecule has 0 saturated heterocycles. The maximum Gasteiger partial charge on any atom is 0.239 e. The van der Waals surface area contributed by atoms with Crippen LogP contribution in [0.5, 0.6) is 0 Å². The Balaban J connectivity index is 1.83. The first-order chi connectivity index (χ1) is 10.1. The number of benzene rings is 1. The van der Waals surface area contributed by atoms with Gasteiger partial charge in [0.1, 0.15) is 0 Å². The number of hydrogen-bond donors (Lipinski definition) is 0. The van der Waals surface area contributed by atoms with Crippen LogP contribution in [0.15, 0.2) is 39.2 Å². The molecule has 0 saturated carbocycles. The van der Waals surface area contributed by atoms with Crippen molar-refractivity contribution in [3.05, 3.63) is 46.0 Å². The van der Waals surface area contributed by atoms with Crippen molar-refractivity contribution in [2.75, 3.05) is 0 Å². The van der Waals surface area contributed by atoms with E-state index in [1.807, 2.05) is 37.3 Å². The van der Waals surface area contributed by atoms with Crippen molar-refractivity contribution in [2.45, 2.75) is 23.4 Å². The summed E-state index contributed by atoms with van der Waals surface area (Å²) in [4.78, 5) is 4.24. The van der Waals surface area contributed by atoms with E-state index in [0.29, 0.717) is 11.7 Å². The first-order valence-corrected chi connectivity index (χ1v) is 8.36. The average Bonchev–Trinajstić information content (AvgIpc) is 3.06. The highest BCUT2D eigenvalue weighted by atomic mass is 32.2. The number of rotatable bonds is 4. The summed E-state index contributed by atoms with van der Waals surface area (Å²) >= 11 is 8.42. The van der Waals surface area contributed by atoms with Crippen molar-refractivity contribution in [3.63, 3.8) is 0 Å². The van der Waals surface area contributed by atoms with Gasteiger partial charge >= 0.3 is 0 Å². The number of aromatic nitrogens is 4. The van der Waals surface area contributed by atoms with E-state index in [9.17, 15) is 0 Å². The molecule has 1 atom stereocenters. The van der Waals surface area contributed by atoms with Crippen LogP contribution in [0.1, 0.15) is 23.9 Å². The summed E-state index contributed by atoms with van der Waals surface area (Å²) in [5.74, 6) is 1.24. The van der Waals surface area contributed by atoms with Crippen molar-refractivity contribution in [2.24, 2.45) is 0 Å².